The van der Waals surface area contributed by atoms with Crippen molar-refractivity contribution in [3.8, 4) is 23.7 Å². The monoisotopic (exact) mass is 384 g/mol. The van der Waals surface area contributed by atoms with E-state index in [1.807, 2.05) is 52.8 Å². The van der Waals surface area contributed by atoms with Crippen molar-refractivity contribution < 1.29 is 0 Å². The first-order valence-corrected chi connectivity index (χ1v) is 9.85. The van der Waals surface area contributed by atoms with Crippen LogP contribution in [0.1, 0.15) is 34.6 Å². The third kappa shape index (κ3) is 7.28. The lowest BCUT2D eigenvalue weighted by atomic mass is 10.2. The maximum Gasteiger partial charge on any atom is 0.0843 e. The molecule has 0 N–H and O–H groups in total. The number of allylic oxidation sites excluding steroid dienone is 7. The Kier molecular flexibility index (Phi) is 11.2. The zero-order valence-electron chi connectivity index (χ0n) is 18.4. The molecule has 0 atom stereocenters. The molecule has 2 heteroatoms. The fraction of sp³-hybridized carbons (Fsp3) is 0.259. The largest absolute Gasteiger partial charge is 0.330 e. The molecule has 0 spiro atoms. The highest BCUT2D eigenvalue weighted by molar-refractivity contribution is 5.64. The molecular weight excluding hydrogens is 352 g/mol. The fourth-order valence-electron chi connectivity index (χ4n) is 2.83. The van der Waals surface area contributed by atoms with Gasteiger partial charge < -0.3 is 9.80 Å². The van der Waals surface area contributed by atoms with Gasteiger partial charge in [0.15, 0.2) is 0 Å². The molecule has 0 bridgehead atoms. The highest BCUT2D eigenvalue weighted by Crippen LogP contribution is 2.26. The van der Waals surface area contributed by atoms with E-state index >= 15 is 0 Å². The Morgan fingerprint density at radius 2 is 1.28 bits per heavy atom. The second-order valence-electron chi connectivity index (χ2n) is 6.08. The molecular formula is C27H32N2. The summed E-state index contributed by atoms with van der Waals surface area (Å²) in [6, 6.07) is 8.52. The molecule has 2 nitrogen and oxygen atoms in total. The van der Waals surface area contributed by atoms with Gasteiger partial charge in [-0.05, 0) is 77.1 Å². The molecule has 1 aromatic rings. The Bertz CT molecular complexity index is 888. The van der Waals surface area contributed by atoms with Crippen LogP contribution >= 0.6 is 0 Å². The summed E-state index contributed by atoms with van der Waals surface area (Å²) in [4.78, 5) is 4.39. The normalized spacial score (nSPS) is 11.6. The van der Waals surface area contributed by atoms with Gasteiger partial charge in [0.1, 0.15) is 0 Å². The number of anilines is 2. The molecule has 0 saturated carbocycles. The minimum atomic E-state index is 0.615. The average molecular weight is 385 g/mol. The molecule has 0 unspecified atom stereocenters. The third-order valence-electron chi connectivity index (χ3n) is 4.18. The van der Waals surface area contributed by atoms with Gasteiger partial charge in [0, 0.05) is 22.8 Å². The smallest absolute Gasteiger partial charge is 0.0843 e. The zero-order chi connectivity index (χ0) is 21.5. The summed E-state index contributed by atoms with van der Waals surface area (Å²) in [6.07, 6.45) is 14.1. The summed E-state index contributed by atoms with van der Waals surface area (Å²) in [7, 11) is 0. The molecule has 0 aliphatic rings. The van der Waals surface area contributed by atoms with Gasteiger partial charge in [-0.1, -0.05) is 42.7 Å². The van der Waals surface area contributed by atoms with Gasteiger partial charge in [0.25, 0.3) is 0 Å². The summed E-state index contributed by atoms with van der Waals surface area (Å²) in [5, 5.41) is 0. The van der Waals surface area contributed by atoms with Crippen molar-refractivity contribution in [3.05, 3.63) is 84.8 Å². The predicted octanol–water partition coefficient (Wildman–Crippen LogP) is 6.47. The van der Waals surface area contributed by atoms with Gasteiger partial charge in [0.05, 0.1) is 13.1 Å². The third-order valence-corrected chi connectivity index (χ3v) is 4.18. The van der Waals surface area contributed by atoms with Crippen LogP contribution in [-0.4, -0.2) is 13.1 Å². The Morgan fingerprint density at radius 3 is 1.66 bits per heavy atom. The van der Waals surface area contributed by atoms with Crippen LogP contribution in [0.25, 0.3) is 0 Å². The van der Waals surface area contributed by atoms with Crippen LogP contribution in [0, 0.1) is 23.7 Å². The van der Waals surface area contributed by atoms with E-state index in [1.54, 1.807) is 6.08 Å². The minimum Gasteiger partial charge on any atom is -0.330 e. The van der Waals surface area contributed by atoms with E-state index in [4.69, 9.17) is 0 Å². The first-order valence-electron chi connectivity index (χ1n) is 9.85. The molecule has 0 aliphatic carbocycles. The predicted molar refractivity (Wildman–Crippen MR) is 130 cm³/mol. The van der Waals surface area contributed by atoms with Crippen LogP contribution in [0.2, 0.25) is 0 Å². The molecule has 0 aromatic heterocycles. The first kappa shape index (κ1) is 23.7. The Hall–Kier alpha value is -3.36. The van der Waals surface area contributed by atoms with Crippen LogP contribution in [0.5, 0.6) is 0 Å². The van der Waals surface area contributed by atoms with E-state index in [0.29, 0.717) is 13.1 Å². The van der Waals surface area contributed by atoms with Gasteiger partial charge in [-0.3, -0.25) is 0 Å². The quantitative estimate of drug-likeness (QED) is 0.355. The molecule has 0 saturated heterocycles. The van der Waals surface area contributed by atoms with Crippen molar-refractivity contribution in [1.29, 1.82) is 0 Å². The number of rotatable bonds is 9. The van der Waals surface area contributed by atoms with Gasteiger partial charge in [0.2, 0.25) is 0 Å². The summed E-state index contributed by atoms with van der Waals surface area (Å²) in [5.41, 5.74) is 4.36. The van der Waals surface area contributed by atoms with Crippen molar-refractivity contribution >= 4 is 11.4 Å². The molecule has 1 aromatic carbocycles. The summed E-state index contributed by atoms with van der Waals surface area (Å²) in [5.74, 6) is 12.3. The molecule has 150 valence electrons. The molecule has 0 fully saturated rings. The molecule has 29 heavy (non-hydrogen) atoms. The van der Waals surface area contributed by atoms with Crippen LogP contribution in [0.15, 0.2) is 84.8 Å². The maximum absolute atomic E-state index is 3.85. The molecule has 0 heterocycles. The second-order valence-corrected chi connectivity index (χ2v) is 6.08. The van der Waals surface area contributed by atoms with Crippen molar-refractivity contribution in [3.63, 3.8) is 0 Å². The molecule has 0 aliphatic heterocycles. The topological polar surface area (TPSA) is 6.48 Å². The Labute approximate surface area is 177 Å². The number of nitrogens with zero attached hydrogens (tertiary/aromatic N) is 2. The van der Waals surface area contributed by atoms with E-state index < -0.39 is 0 Å². The van der Waals surface area contributed by atoms with Gasteiger partial charge in [-0.25, -0.2) is 0 Å². The standard InChI is InChI=1S/C27H32N2/c1-7-13-22-28(24(12-6)15-9-3)26-18-20-27(21-19-26)29(23-14-8-2)25(16-10-4)17-11-5/h9-12,15-21H,4,22-23H2,1-3,5-6H3/b15-9-,17-11-,24-12+,25-16+. The number of benzene rings is 1. The first-order chi connectivity index (χ1) is 14.2. The number of hydrogen-bond acceptors (Lipinski definition) is 2. The highest BCUT2D eigenvalue weighted by atomic mass is 15.1. The average Bonchev–Trinajstić information content (AvgIpc) is 2.74. The maximum atomic E-state index is 3.85. The van der Waals surface area contributed by atoms with E-state index in [1.165, 1.54) is 0 Å². The molecule has 0 amide bonds. The minimum absolute atomic E-state index is 0.615. The van der Waals surface area contributed by atoms with E-state index in [-0.39, 0.29) is 0 Å². The van der Waals surface area contributed by atoms with E-state index in [2.05, 4.69) is 82.6 Å². The van der Waals surface area contributed by atoms with Crippen LogP contribution < -0.4 is 9.80 Å². The highest BCUT2D eigenvalue weighted by Gasteiger charge is 2.12. The van der Waals surface area contributed by atoms with E-state index in [0.717, 1.165) is 22.8 Å². The summed E-state index contributed by atoms with van der Waals surface area (Å²) in [6.45, 7) is 14.9. The molecule has 0 radical (unpaired) electrons. The van der Waals surface area contributed by atoms with Crippen molar-refractivity contribution in [2.24, 2.45) is 0 Å². The van der Waals surface area contributed by atoms with E-state index in [9.17, 15) is 0 Å². The summed E-state index contributed by atoms with van der Waals surface area (Å²) >= 11 is 0. The second kappa shape index (κ2) is 13.8. The van der Waals surface area contributed by atoms with Gasteiger partial charge in [-0.2, -0.15) is 0 Å². The van der Waals surface area contributed by atoms with Crippen LogP contribution in [0.4, 0.5) is 11.4 Å². The summed E-state index contributed by atoms with van der Waals surface area (Å²) < 4.78 is 0. The van der Waals surface area contributed by atoms with Gasteiger partial charge in [-0.15, -0.1) is 11.8 Å². The van der Waals surface area contributed by atoms with Crippen molar-refractivity contribution in [2.75, 3.05) is 22.9 Å². The van der Waals surface area contributed by atoms with Gasteiger partial charge >= 0.3 is 0 Å². The van der Waals surface area contributed by atoms with Crippen LogP contribution in [0.3, 0.4) is 0 Å². The van der Waals surface area contributed by atoms with Crippen molar-refractivity contribution in [2.45, 2.75) is 34.6 Å². The van der Waals surface area contributed by atoms with Crippen molar-refractivity contribution in [1.82, 2.24) is 0 Å². The fourth-order valence-corrected chi connectivity index (χ4v) is 2.83. The Morgan fingerprint density at radius 1 is 0.828 bits per heavy atom. The lowest BCUT2D eigenvalue weighted by Crippen LogP contribution is -2.23. The van der Waals surface area contributed by atoms with Crippen LogP contribution in [-0.2, 0) is 0 Å². The lowest BCUT2D eigenvalue weighted by Gasteiger charge is -2.27. The lowest BCUT2D eigenvalue weighted by molar-refractivity contribution is 1.04. The molecule has 1 rings (SSSR count). The zero-order valence-corrected chi connectivity index (χ0v) is 18.4. The Balaban J connectivity index is 3.37. The SMILES string of the molecule is C=C/C=C(\C=C/C)N(CC#CC)c1ccc(N(CC#CC)C(/C=C\C)=C/C)cc1. The number of hydrogen-bond donors (Lipinski definition) is 0.